The van der Waals surface area contributed by atoms with Crippen LogP contribution in [0.5, 0.6) is 5.75 Å². The summed E-state index contributed by atoms with van der Waals surface area (Å²) in [4.78, 5) is 19.1. The Kier molecular flexibility index (Phi) is 3.81. The summed E-state index contributed by atoms with van der Waals surface area (Å²) in [6.45, 7) is 4.75. The molecule has 1 aromatic heterocycles. The molecule has 0 spiro atoms. The molecule has 5 nitrogen and oxygen atoms in total. The van der Waals surface area contributed by atoms with Crippen LogP contribution in [0.4, 0.5) is 0 Å². The van der Waals surface area contributed by atoms with Gasteiger partial charge in [-0.05, 0) is 40.1 Å². The van der Waals surface area contributed by atoms with Crippen molar-refractivity contribution in [3.8, 4) is 5.75 Å². The van der Waals surface area contributed by atoms with Crippen LogP contribution in [-0.4, -0.2) is 41.2 Å². The molecule has 0 fully saturated rings. The maximum Gasteiger partial charge on any atom is 0.265 e. The van der Waals surface area contributed by atoms with E-state index in [9.17, 15) is 4.79 Å². The number of ether oxygens (including phenoxy) is 1. The third kappa shape index (κ3) is 2.54. The summed E-state index contributed by atoms with van der Waals surface area (Å²) in [6, 6.07) is 5.44. The van der Waals surface area contributed by atoms with Gasteiger partial charge in [0.15, 0.2) is 0 Å². The molecule has 0 saturated heterocycles. The van der Waals surface area contributed by atoms with Crippen LogP contribution in [-0.2, 0) is 6.54 Å². The highest BCUT2D eigenvalue weighted by Gasteiger charge is 2.22. The molecule has 0 aliphatic carbocycles. The average molecular weight is 275 g/mol. The van der Waals surface area contributed by atoms with Gasteiger partial charge in [-0.2, -0.15) is 0 Å². The highest BCUT2D eigenvalue weighted by molar-refractivity contribution is 5.83. The van der Waals surface area contributed by atoms with Crippen molar-refractivity contribution < 1.29 is 4.74 Å². The molecule has 0 aliphatic rings. The van der Waals surface area contributed by atoms with E-state index in [4.69, 9.17) is 4.74 Å². The number of hydrogen-bond donors (Lipinski definition) is 0. The van der Waals surface area contributed by atoms with Gasteiger partial charge in [-0.25, -0.2) is 4.98 Å². The first-order valence-electron chi connectivity index (χ1n) is 6.56. The zero-order valence-electron chi connectivity index (χ0n) is 12.7. The normalized spacial score (nSPS) is 12.1. The van der Waals surface area contributed by atoms with Crippen molar-refractivity contribution in [2.75, 3.05) is 21.2 Å². The number of fused-ring (bicyclic) bond motifs is 1. The van der Waals surface area contributed by atoms with Crippen LogP contribution in [0.3, 0.4) is 0 Å². The van der Waals surface area contributed by atoms with Crippen molar-refractivity contribution in [1.29, 1.82) is 0 Å². The molecule has 0 N–H and O–H groups in total. The number of rotatable bonds is 4. The Labute approximate surface area is 118 Å². The monoisotopic (exact) mass is 275 g/mol. The molecule has 2 aromatic rings. The number of benzene rings is 1. The number of nitrogens with zero attached hydrogens (tertiary/aromatic N) is 3. The minimum Gasteiger partial charge on any atom is -0.496 e. The first-order chi connectivity index (χ1) is 9.36. The van der Waals surface area contributed by atoms with Crippen LogP contribution >= 0.6 is 0 Å². The van der Waals surface area contributed by atoms with Gasteiger partial charge >= 0.3 is 0 Å². The fraction of sp³-hybridized carbons (Fsp3) is 0.467. The first kappa shape index (κ1) is 14.5. The van der Waals surface area contributed by atoms with Crippen LogP contribution in [0.2, 0.25) is 0 Å². The molecule has 1 aromatic carbocycles. The largest absolute Gasteiger partial charge is 0.496 e. The Bertz CT molecular complexity index is 674. The van der Waals surface area contributed by atoms with Crippen molar-refractivity contribution in [2.45, 2.75) is 25.9 Å². The van der Waals surface area contributed by atoms with Crippen molar-refractivity contribution in [1.82, 2.24) is 14.5 Å². The van der Waals surface area contributed by atoms with Crippen LogP contribution in [0.1, 0.15) is 13.8 Å². The molecule has 0 unspecified atom stereocenters. The van der Waals surface area contributed by atoms with Gasteiger partial charge in [0, 0.05) is 12.1 Å². The van der Waals surface area contributed by atoms with Gasteiger partial charge < -0.3 is 9.64 Å². The van der Waals surface area contributed by atoms with Gasteiger partial charge in [0.1, 0.15) is 11.1 Å². The lowest BCUT2D eigenvalue weighted by molar-refractivity contribution is 0.167. The third-order valence-corrected chi connectivity index (χ3v) is 3.80. The molecule has 2 rings (SSSR count). The number of hydrogen-bond acceptors (Lipinski definition) is 4. The molecule has 20 heavy (non-hydrogen) atoms. The van der Waals surface area contributed by atoms with Gasteiger partial charge in [0.2, 0.25) is 0 Å². The molecular formula is C15H21N3O2. The summed E-state index contributed by atoms with van der Waals surface area (Å²) in [6.07, 6.45) is 1.61. The predicted octanol–water partition coefficient (Wildman–Crippen LogP) is 1.75. The van der Waals surface area contributed by atoms with E-state index in [2.05, 4.69) is 23.7 Å². The molecule has 0 amide bonds. The highest BCUT2D eigenvalue weighted by Crippen LogP contribution is 2.20. The van der Waals surface area contributed by atoms with Crippen molar-refractivity contribution in [3.05, 3.63) is 34.9 Å². The lowest BCUT2D eigenvalue weighted by Gasteiger charge is -2.32. The van der Waals surface area contributed by atoms with Gasteiger partial charge in [0.25, 0.3) is 5.56 Å². The molecule has 0 radical (unpaired) electrons. The maximum absolute atomic E-state index is 12.6. The van der Waals surface area contributed by atoms with Crippen molar-refractivity contribution in [3.63, 3.8) is 0 Å². The summed E-state index contributed by atoms with van der Waals surface area (Å²) in [7, 11) is 5.56. The molecule has 0 bridgehead atoms. The van der Waals surface area contributed by atoms with Crippen LogP contribution in [0.15, 0.2) is 29.3 Å². The Hall–Kier alpha value is -1.88. The molecule has 108 valence electrons. The van der Waals surface area contributed by atoms with E-state index in [1.165, 1.54) is 0 Å². The number of aromatic nitrogens is 2. The van der Waals surface area contributed by atoms with E-state index in [1.54, 1.807) is 24.1 Å². The summed E-state index contributed by atoms with van der Waals surface area (Å²) in [5, 5.41) is 0.534. The fourth-order valence-corrected chi connectivity index (χ4v) is 2.01. The molecule has 0 saturated carbocycles. The van der Waals surface area contributed by atoms with Crippen LogP contribution < -0.4 is 10.3 Å². The molecular weight excluding hydrogens is 254 g/mol. The Morgan fingerprint density at radius 3 is 2.65 bits per heavy atom. The third-order valence-electron chi connectivity index (χ3n) is 3.80. The summed E-state index contributed by atoms with van der Waals surface area (Å²) in [5.74, 6) is 0.567. The molecule has 0 atom stereocenters. The van der Waals surface area contributed by atoms with Gasteiger partial charge in [0.05, 0.1) is 19.0 Å². The quantitative estimate of drug-likeness (QED) is 0.853. The Morgan fingerprint density at radius 1 is 1.35 bits per heavy atom. The first-order valence-corrected chi connectivity index (χ1v) is 6.56. The smallest absolute Gasteiger partial charge is 0.265 e. The topological polar surface area (TPSA) is 47.4 Å². The van der Waals surface area contributed by atoms with Gasteiger partial charge in [-0.3, -0.25) is 9.36 Å². The lowest BCUT2D eigenvalue weighted by Crippen LogP contribution is -2.44. The van der Waals surface area contributed by atoms with E-state index in [1.807, 2.05) is 26.2 Å². The zero-order valence-corrected chi connectivity index (χ0v) is 12.7. The second-order valence-corrected chi connectivity index (χ2v) is 5.74. The van der Waals surface area contributed by atoms with E-state index in [0.29, 0.717) is 23.2 Å². The summed E-state index contributed by atoms with van der Waals surface area (Å²) >= 11 is 0. The van der Waals surface area contributed by atoms with Crippen LogP contribution in [0, 0.1) is 0 Å². The Balaban J connectivity index is 2.58. The van der Waals surface area contributed by atoms with E-state index in [0.717, 1.165) is 0 Å². The molecule has 5 heteroatoms. The number of methoxy groups -OCH3 is 1. The van der Waals surface area contributed by atoms with Gasteiger partial charge in [-0.15, -0.1) is 0 Å². The zero-order chi connectivity index (χ0) is 14.9. The second-order valence-electron chi connectivity index (χ2n) is 5.74. The lowest BCUT2D eigenvalue weighted by atomic mass is 10.0. The average Bonchev–Trinajstić information content (AvgIpc) is 2.41. The van der Waals surface area contributed by atoms with E-state index < -0.39 is 0 Å². The predicted molar refractivity (Wildman–Crippen MR) is 80.3 cm³/mol. The van der Waals surface area contributed by atoms with Crippen molar-refractivity contribution in [2.24, 2.45) is 0 Å². The fourth-order valence-electron chi connectivity index (χ4n) is 2.01. The van der Waals surface area contributed by atoms with Crippen LogP contribution in [0.25, 0.3) is 10.9 Å². The number of likely N-dealkylation sites (N-methyl/N-ethyl adjacent to an activating group) is 1. The second kappa shape index (κ2) is 5.25. The molecule has 1 heterocycles. The maximum atomic E-state index is 12.6. The van der Waals surface area contributed by atoms with Crippen molar-refractivity contribution >= 4 is 10.9 Å². The van der Waals surface area contributed by atoms with E-state index in [-0.39, 0.29) is 11.1 Å². The minimum absolute atomic E-state index is 0.0672. The standard InChI is InChI=1S/C15H21N3O2/c1-15(2,17(3)4)9-18-10-16-11-7-6-8-12(20-5)13(11)14(18)19/h6-8,10H,9H2,1-5H3. The van der Waals surface area contributed by atoms with Gasteiger partial charge in [-0.1, -0.05) is 6.07 Å². The summed E-state index contributed by atoms with van der Waals surface area (Å²) in [5.41, 5.74) is 0.455. The molecule has 0 aliphatic heterocycles. The van der Waals surface area contributed by atoms with E-state index >= 15 is 0 Å². The summed E-state index contributed by atoms with van der Waals surface area (Å²) < 4.78 is 6.92. The minimum atomic E-state index is -0.138. The Morgan fingerprint density at radius 2 is 2.05 bits per heavy atom. The SMILES string of the molecule is COc1cccc2ncn(CC(C)(C)N(C)C)c(=O)c12. The highest BCUT2D eigenvalue weighted by atomic mass is 16.5.